The van der Waals surface area contributed by atoms with Crippen molar-refractivity contribution in [3.05, 3.63) is 52.5 Å². The van der Waals surface area contributed by atoms with E-state index in [0.29, 0.717) is 11.8 Å². The summed E-state index contributed by atoms with van der Waals surface area (Å²) < 4.78 is 40.1. The molecule has 3 N–H and O–H groups in total. The van der Waals surface area contributed by atoms with Gasteiger partial charge in [-0.15, -0.1) is 0 Å². The van der Waals surface area contributed by atoms with Crippen molar-refractivity contribution in [2.24, 2.45) is 11.7 Å². The van der Waals surface area contributed by atoms with Crippen LogP contribution in [0.1, 0.15) is 37.7 Å². The van der Waals surface area contributed by atoms with E-state index in [4.69, 9.17) is 17.3 Å². The Balaban J connectivity index is 1.81. The van der Waals surface area contributed by atoms with Gasteiger partial charge in [0.15, 0.2) is 6.20 Å². The van der Waals surface area contributed by atoms with Crippen molar-refractivity contribution in [1.29, 1.82) is 0 Å². The molecule has 1 fully saturated rings. The highest BCUT2D eigenvalue weighted by Gasteiger charge is 2.37. The highest BCUT2D eigenvalue weighted by atomic mass is 35.5. The zero-order valence-electron chi connectivity index (χ0n) is 15.5. The van der Waals surface area contributed by atoms with Crippen LogP contribution in [0, 0.1) is 11.1 Å². The van der Waals surface area contributed by atoms with Crippen LogP contribution in [-0.4, -0.2) is 11.9 Å². The predicted octanol–water partition coefficient (Wildman–Crippen LogP) is 4.51. The predicted molar refractivity (Wildman–Crippen MR) is 104 cm³/mol. The van der Waals surface area contributed by atoms with Crippen molar-refractivity contribution in [2.45, 2.75) is 44.3 Å². The zero-order chi connectivity index (χ0) is 21.2. The SMILES string of the molecule is N[C@H](C(=O)Nc1ccc(-c2c(C(F)(F)F)cc[n+]([O-])c2Cl)cc1)C1CCCCC1. The average Bonchev–Trinajstić information content (AvgIpc) is 2.70. The summed E-state index contributed by atoms with van der Waals surface area (Å²) in [5, 5.41) is 13.8. The summed E-state index contributed by atoms with van der Waals surface area (Å²) in [4.78, 5) is 12.4. The molecular formula is C20H21ClF3N3O2. The largest absolute Gasteiger partial charge is 0.618 e. The zero-order valence-corrected chi connectivity index (χ0v) is 16.3. The lowest BCUT2D eigenvalue weighted by Gasteiger charge is -2.26. The Hall–Kier alpha value is -2.32. The van der Waals surface area contributed by atoms with Crippen molar-refractivity contribution in [2.75, 3.05) is 5.32 Å². The summed E-state index contributed by atoms with van der Waals surface area (Å²) in [6.45, 7) is 0. The van der Waals surface area contributed by atoms with Gasteiger partial charge in [0.1, 0.15) is 0 Å². The molecule has 0 saturated heterocycles. The fraction of sp³-hybridized carbons (Fsp3) is 0.400. The second-order valence-corrected chi connectivity index (χ2v) is 7.57. The van der Waals surface area contributed by atoms with E-state index < -0.39 is 28.5 Å². The number of nitrogens with one attached hydrogen (secondary N) is 1. The fourth-order valence-electron chi connectivity index (χ4n) is 3.68. The lowest BCUT2D eigenvalue weighted by atomic mass is 9.84. The van der Waals surface area contributed by atoms with Crippen molar-refractivity contribution in [1.82, 2.24) is 0 Å². The topological polar surface area (TPSA) is 82.1 Å². The molecule has 1 aliphatic carbocycles. The first-order valence-corrected chi connectivity index (χ1v) is 9.72. The van der Waals surface area contributed by atoms with Gasteiger partial charge in [0.25, 0.3) is 5.15 Å². The van der Waals surface area contributed by atoms with Crippen molar-refractivity contribution in [3.8, 4) is 11.1 Å². The molecule has 1 aromatic heterocycles. The molecule has 1 saturated carbocycles. The molecule has 0 spiro atoms. The van der Waals surface area contributed by atoms with E-state index in [2.05, 4.69) is 5.32 Å². The molecule has 9 heteroatoms. The molecule has 1 aromatic carbocycles. The fourth-order valence-corrected chi connectivity index (χ4v) is 3.94. The summed E-state index contributed by atoms with van der Waals surface area (Å²) in [7, 11) is 0. The third-order valence-electron chi connectivity index (χ3n) is 5.25. The first kappa shape index (κ1) is 21.4. The lowest BCUT2D eigenvalue weighted by molar-refractivity contribution is -0.602. The summed E-state index contributed by atoms with van der Waals surface area (Å²) in [6, 6.07) is 5.72. The smallest absolute Gasteiger partial charge is 0.417 e. The molecule has 1 atom stereocenters. The van der Waals surface area contributed by atoms with Crippen LogP contribution in [0.25, 0.3) is 11.1 Å². The minimum absolute atomic E-state index is 0.113. The van der Waals surface area contributed by atoms with E-state index in [1.807, 2.05) is 0 Å². The Morgan fingerprint density at radius 1 is 1.17 bits per heavy atom. The Kier molecular flexibility index (Phi) is 6.33. The Morgan fingerprint density at radius 3 is 2.38 bits per heavy atom. The van der Waals surface area contributed by atoms with Gasteiger partial charge in [0.2, 0.25) is 5.91 Å². The van der Waals surface area contributed by atoms with Crippen LogP contribution in [0.5, 0.6) is 0 Å². The monoisotopic (exact) mass is 427 g/mol. The average molecular weight is 428 g/mol. The van der Waals surface area contributed by atoms with Gasteiger partial charge in [0, 0.05) is 11.8 Å². The van der Waals surface area contributed by atoms with Crippen LogP contribution < -0.4 is 15.8 Å². The number of pyridine rings is 1. The van der Waals surface area contributed by atoms with Gasteiger partial charge in [-0.05, 0) is 48.1 Å². The number of hydrogen-bond acceptors (Lipinski definition) is 3. The third-order valence-corrected chi connectivity index (χ3v) is 5.61. The molecular weight excluding hydrogens is 407 g/mol. The van der Waals surface area contributed by atoms with Crippen molar-refractivity contribution >= 4 is 23.2 Å². The highest BCUT2D eigenvalue weighted by molar-refractivity contribution is 6.31. The van der Waals surface area contributed by atoms with Crippen LogP contribution in [0.2, 0.25) is 5.15 Å². The number of aromatic nitrogens is 1. The third kappa shape index (κ3) is 4.82. The molecule has 29 heavy (non-hydrogen) atoms. The number of benzene rings is 1. The number of halogens is 4. The van der Waals surface area contributed by atoms with E-state index in [1.54, 1.807) is 0 Å². The van der Waals surface area contributed by atoms with E-state index in [0.717, 1.165) is 38.3 Å². The maximum atomic E-state index is 13.3. The van der Waals surface area contributed by atoms with Gasteiger partial charge in [-0.3, -0.25) is 4.79 Å². The van der Waals surface area contributed by atoms with Gasteiger partial charge < -0.3 is 16.3 Å². The number of nitrogens with two attached hydrogens (primary N) is 1. The van der Waals surface area contributed by atoms with Gasteiger partial charge in [-0.1, -0.05) is 31.4 Å². The van der Waals surface area contributed by atoms with Crippen LogP contribution in [0.3, 0.4) is 0 Å². The van der Waals surface area contributed by atoms with Crippen LogP contribution in [-0.2, 0) is 11.0 Å². The number of alkyl halides is 3. The highest BCUT2D eigenvalue weighted by Crippen LogP contribution is 2.39. The van der Waals surface area contributed by atoms with E-state index in [9.17, 15) is 23.2 Å². The molecule has 0 bridgehead atoms. The number of rotatable bonds is 4. The van der Waals surface area contributed by atoms with E-state index in [-0.39, 0.29) is 22.1 Å². The Labute approximate surface area is 171 Å². The number of carbonyl (C=O) groups is 1. The van der Waals surface area contributed by atoms with Crippen LogP contribution in [0.15, 0.2) is 36.5 Å². The molecule has 1 heterocycles. The molecule has 2 aromatic rings. The minimum Gasteiger partial charge on any atom is -0.618 e. The minimum atomic E-state index is -4.67. The molecule has 0 aliphatic heterocycles. The second-order valence-electron chi connectivity index (χ2n) is 7.21. The number of amides is 1. The van der Waals surface area contributed by atoms with Crippen molar-refractivity contribution in [3.63, 3.8) is 0 Å². The molecule has 1 amide bonds. The molecule has 0 radical (unpaired) electrons. The number of nitrogens with zero attached hydrogens (tertiary/aromatic N) is 1. The first-order chi connectivity index (χ1) is 13.7. The summed E-state index contributed by atoms with van der Waals surface area (Å²) in [6.07, 6.45) is 1.13. The second kappa shape index (κ2) is 8.59. The van der Waals surface area contributed by atoms with Crippen molar-refractivity contribution < 1.29 is 22.7 Å². The standard InChI is InChI=1S/C20H21ClF3N3O2/c21-18-16(15(20(22,23)24)10-11-27(18)29)12-6-8-14(9-7-12)26-19(28)17(25)13-4-2-1-3-5-13/h6-11,13,17H,1-5,25H2,(H,26,28)/t17-/m0/s1. The van der Waals surface area contributed by atoms with Gasteiger partial charge in [0.05, 0.1) is 17.2 Å². The maximum absolute atomic E-state index is 13.3. The maximum Gasteiger partial charge on any atom is 0.417 e. The van der Waals surface area contributed by atoms with Gasteiger partial charge in [-0.25, -0.2) is 0 Å². The van der Waals surface area contributed by atoms with Crippen LogP contribution >= 0.6 is 11.6 Å². The van der Waals surface area contributed by atoms with E-state index in [1.165, 1.54) is 24.3 Å². The number of anilines is 1. The number of hydrogen-bond donors (Lipinski definition) is 2. The Bertz CT molecular complexity index is 882. The molecule has 1 aliphatic rings. The first-order valence-electron chi connectivity index (χ1n) is 9.34. The van der Waals surface area contributed by atoms with E-state index >= 15 is 0 Å². The number of carbonyl (C=O) groups excluding carboxylic acids is 1. The molecule has 5 nitrogen and oxygen atoms in total. The van der Waals surface area contributed by atoms with Crippen LogP contribution in [0.4, 0.5) is 18.9 Å². The van der Waals surface area contributed by atoms with Gasteiger partial charge in [-0.2, -0.15) is 17.9 Å². The lowest BCUT2D eigenvalue weighted by Crippen LogP contribution is -2.42. The summed E-state index contributed by atoms with van der Waals surface area (Å²) in [5.41, 5.74) is 5.17. The van der Waals surface area contributed by atoms with Gasteiger partial charge >= 0.3 is 6.18 Å². The summed E-state index contributed by atoms with van der Waals surface area (Å²) in [5.74, 6) is -0.191. The summed E-state index contributed by atoms with van der Waals surface area (Å²) >= 11 is 5.85. The molecule has 3 rings (SSSR count). The normalized spacial score (nSPS) is 16.4. The molecule has 156 valence electrons. The quantitative estimate of drug-likeness (QED) is 0.428. The Morgan fingerprint density at radius 2 is 1.79 bits per heavy atom. The molecule has 0 unspecified atom stereocenters.